The molecule has 0 spiro atoms. The van der Waals surface area contributed by atoms with Gasteiger partial charge in [-0.25, -0.2) is 0 Å². The number of hydrogen-bond acceptors (Lipinski definition) is 8. The van der Waals surface area contributed by atoms with E-state index >= 15 is 0 Å². The zero-order valence-corrected chi connectivity index (χ0v) is 16.0. The zero-order valence-electron chi connectivity index (χ0n) is 15.0. The molecule has 0 radical (unpaired) electrons. The first-order valence-electron chi connectivity index (χ1n) is 8.15. The van der Waals surface area contributed by atoms with Crippen molar-refractivity contribution in [2.45, 2.75) is 20.8 Å². The van der Waals surface area contributed by atoms with Crippen LogP contribution in [0.1, 0.15) is 26.3 Å². The largest absolute Gasteiger partial charge is 0.745 e. The normalized spacial score (nSPS) is 14.7. The quantitative estimate of drug-likeness (QED) is 0.729. The Bertz CT molecular complexity index is 851. The summed E-state index contributed by atoms with van der Waals surface area (Å²) in [6.45, 7) is 3.50. The molecule has 0 saturated heterocycles. The first-order chi connectivity index (χ1) is 12.8. The van der Waals surface area contributed by atoms with Crippen LogP contribution in [0.3, 0.4) is 0 Å². The first kappa shape index (κ1) is 18.5. The van der Waals surface area contributed by atoms with Gasteiger partial charge in [0.2, 0.25) is 0 Å². The lowest BCUT2D eigenvalue weighted by Crippen LogP contribution is -2.52. The molecule has 2 heterocycles. The van der Waals surface area contributed by atoms with Crippen molar-refractivity contribution >= 4 is 37.6 Å². The fourth-order valence-electron chi connectivity index (χ4n) is 2.87. The average molecular weight is 386 g/mol. The summed E-state index contributed by atoms with van der Waals surface area (Å²) in [4.78, 5) is 35.4. The van der Waals surface area contributed by atoms with E-state index in [9.17, 15) is 14.4 Å². The maximum atomic E-state index is 11.8. The number of para-hydroxylation sites is 1. The molecule has 8 nitrogen and oxygen atoms in total. The van der Waals surface area contributed by atoms with Crippen LogP contribution < -0.4 is 5.01 Å². The van der Waals surface area contributed by atoms with Crippen molar-refractivity contribution in [3.05, 3.63) is 60.6 Å². The van der Waals surface area contributed by atoms with Crippen LogP contribution in [0.5, 0.6) is 0 Å². The Hall–Kier alpha value is -3.33. The van der Waals surface area contributed by atoms with Crippen molar-refractivity contribution in [1.29, 1.82) is 0 Å². The third kappa shape index (κ3) is 3.63. The summed E-state index contributed by atoms with van der Waals surface area (Å²) in [6.07, 6.45) is 8.92. The highest BCUT2D eigenvalue weighted by molar-refractivity contribution is 6.84. The Labute approximate surface area is 157 Å². The van der Waals surface area contributed by atoms with E-state index in [-0.39, 0.29) is 0 Å². The molecule has 0 saturated carbocycles. The third-order valence-electron chi connectivity index (χ3n) is 3.69. The number of hydrazine groups is 1. The van der Waals surface area contributed by atoms with Crippen LogP contribution in [0.25, 0.3) is 5.20 Å². The van der Waals surface area contributed by atoms with E-state index in [1.807, 2.05) is 35.5 Å². The zero-order chi connectivity index (χ0) is 19.6. The van der Waals surface area contributed by atoms with Crippen molar-refractivity contribution in [2.24, 2.45) is 0 Å². The number of nitrogens with zero attached hydrogens (tertiary/aromatic N) is 2. The summed E-state index contributed by atoms with van der Waals surface area (Å²) in [6, 6.07) is 7.27. The Morgan fingerprint density at radius 2 is 1.41 bits per heavy atom. The van der Waals surface area contributed by atoms with E-state index in [1.54, 1.807) is 29.5 Å². The number of carbonyl (C=O) groups excluding carboxylic acids is 3. The minimum absolute atomic E-state index is 0.329. The summed E-state index contributed by atoms with van der Waals surface area (Å²) in [5.74, 6) is -2.17. The molecule has 2 aliphatic rings. The molecule has 2 aliphatic heterocycles. The Morgan fingerprint density at radius 1 is 0.852 bits per heavy atom. The fourth-order valence-corrected chi connectivity index (χ4v) is 5.29. The van der Waals surface area contributed by atoms with Crippen molar-refractivity contribution in [3.8, 4) is 0 Å². The van der Waals surface area contributed by atoms with E-state index in [4.69, 9.17) is 13.3 Å². The van der Waals surface area contributed by atoms with Gasteiger partial charge in [-0.2, -0.15) is 0 Å². The van der Waals surface area contributed by atoms with Crippen LogP contribution in [-0.4, -0.2) is 31.7 Å². The summed E-state index contributed by atoms with van der Waals surface area (Å²) in [7, 11) is -4.23. The van der Waals surface area contributed by atoms with Gasteiger partial charge in [0.05, 0.1) is 10.9 Å². The van der Waals surface area contributed by atoms with Crippen molar-refractivity contribution in [3.63, 3.8) is 0 Å². The van der Waals surface area contributed by atoms with Crippen LogP contribution in [0, 0.1) is 0 Å². The molecule has 0 amide bonds. The summed E-state index contributed by atoms with van der Waals surface area (Å²) < 4.78 is 16.2. The number of fused-ring (bicyclic) bond motifs is 3. The summed E-state index contributed by atoms with van der Waals surface area (Å²) in [5.41, 5.74) is 1.38. The summed E-state index contributed by atoms with van der Waals surface area (Å²) in [5, 5.41) is 3.90. The number of benzene rings is 1. The molecule has 27 heavy (non-hydrogen) atoms. The lowest BCUT2D eigenvalue weighted by molar-refractivity contribution is -0.146. The minimum atomic E-state index is -4.23. The molecule has 0 atom stereocenters. The molecule has 0 bridgehead atoms. The highest BCUT2D eigenvalue weighted by Gasteiger charge is 2.58. The van der Waals surface area contributed by atoms with Gasteiger partial charge in [-0.15, -0.1) is 0 Å². The van der Waals surface area contributed by atoms with Gasteiger partial charge >= 0.3 is 8.80 Å². The van der Waals surface area contributed by atoms with Crippen molar-refractivity contribution in [2.75, 3.05) is 5.01 Å². The highest BCUT2D eigenvalue weighted by Crippen LogP contribution is 2.40. The fraction of sp³-hybridized carbons (Fsp3) is 0.167. The van der Waals surface area contributed by atoms with Crippen LogP contribution in [-0.2, 0) is 27.7 Å². The summed E-state index contributed by atoms with van der Waals surface area (Å²) >= 11 is 0. The molecular formula is C18H18N2O6Si. The smallest absolute Gasteiger partial charge is 0.452 e. The van der Waals surface area contributed by atoms with Gasteiger partial charge in [-0.05, 0) is 18.2 Å². The predicted octanol–water partition coefficient (Wildman–Crippen LogP) is 2.27. The lowest BCUT2D eigenvalue weighted by atomic mass is 10.1. The van der Waals surface area contributed by atoms with Crippen LogP contribution in [0.15, 0.2) is 55.0 Å². The van der Waals surface area contributed by atoms with Crippen molar-refractivity contribution in [1.82, 2.24) is 5.01 Å². The minimum Gasteiger partial charge on any atom is -0.452 e. The van der Waals surface area contributed by atoms with Gasteiger partial charge in [0.1, 0.15) is 0 Å². The second-order valence-corrected chi connectivity index (χ2v) is 8.07. The maximum absolute atomic E-state index is 11.8. The van der Waals surface area contributed by atoms with Gasteiger partial charge in [0.25, 0.3) is 17.9 Å². The number of rotatable bonds is 4. The Balaban J connectivity index is 2.22. The molecule has 9 heteroatoms. The number of hydrogen-bond donors (Lipinski definition) is 0. The predicted molar refractivity (Wildman–Crippen MR) is 98.1 cm³/mol. The molecular weight excluding hydrogens is 368 g/mol. The molecule has 3 rings (SSSR count). The number of anilines is 1. The van der Waals surface area contributed by atoms with Gasteiger partial charge < -0.3 is 13.3 Å². The molecule has 0 aliphatic carbocycles. The Kier molecular flexibility index (Phi) is 4.87. The number of carbonyl (C=O) groups is 3. The van der Waals surface area contributed by atoms with E-state index in [1.165, 1.54) is 20.8 Å². The second-order valence-electron chi connectivity index (χ2n) is 5.80. The topological polar surface area (TPSA) is 85.4 Å². The van der Waals surface area contributed by atoms with Gasteiger partial charge in [0.15, 0.2) is 0 Å². The molecule has 0 N–H and O–H groups in total. The van der Waals surface area contributed by atoms with Crippen molar-refractivity contribution < 1.29 is 27.7 Å². The monoisotopic (exact) mass is 386 g/mol. The lowest BCUT2D eigenvalue weighted by Gasteiger charge is -2.40. The SMILES string of the molecule is CC(=O)O[Si](OC(C)=O)(OC(C)=O)C1=CN2C=CC=CN2c2ccccc21. The van der Waals surface area contributed by atoms with Crippen LogP contribution in [0.2, 0.25) is 0 Å². The van der Waals surface area contributed by atoms with Gasteiger partial charge in [0, 0.05) is 44.9 Å². The standard InChI is InChI=1S/C18H18N2O6Si/c1-13(21)24-27(25-14(2)22,26-15(3)23)18-12-19-10-6-7-11-20(19)17-9-5-4-8-16(17)18/h4-12H,1-3H3. The third-order valence-corrected chi connectivity index (χ3v) is 6.42. The molecule has 0 fully saturated rings. The maximum Gasteiger partial charge on any atom is 0.745 e. The van der Waals surface area contributed by atoms with E-state index < -0.39 is 26.7 Å². The van der Waals surface area contributed by atoms with Crippen LogP contribution in [0.4, 0.5) is 5.69 Å². The number of allylic oxidation sites excluding steroid dienone is 2. The molecule has 1 aromatic carbocycles. The molecule has 0 aromatic heterocycles. The van der Waals surface area contributed by atoms with E-state index in [0.29, 0.717) is 10.8 Å². The van der Waals surface area contributed by atoms with E-state index in [0.717, 1.165) is 5.69 Å². The van der Waals surface area contributed by atoms with Gasteiger partial charge in [-0.1, -0.05) is 18.2 Å². The highest BCUT2D eigenvalue weighted by atomic mass is 28.4. The second kappa shape index (κ2) is 7.12. The van der Waals surface area contributed by atoms with E-state index in [2.05, 4.69) is 0 Å². The average Bonchev–Trinajstić information content (AvgIpc) is 2.59. The molecule has 1 aromatic rings. The van der Waals surface area contributed by atoms with Crippen LogP contribution >= 0.6 is 0 Å². The molecule has 0 unspecified atom stereocenters. The first-order valence-corrected chi connectivity index (χ1v) is 9.88. The van der Waals surface area contributed by atoms with Gasteiger partial charge in [-0.3, -0.25) is 24.4 Å². The Morgan fingerprint density at radius 3 is 2.00 bits per heavy atom. The molecule has 140 valence electrons.